The van der Waals surface area contributed by atoms with Gasteiger partial charge in [0.1, 0.15) is 0 Å². The molecule has 0 heterocycles. The summed E-state index contributed by atoms with van der Waals surface area (Å²) in [6, 6.07) is 0. The largest absolute Gasteiger partial charge is 4.00 e. The Morgan fingerprint density at radius 1 is 0.778 bits per heavy atom. The van der Waals surface area contributed by atoms with Crippen molar-refractivity contribution in [3.63, 3.8) is 0 Å². The van der Waals surface area contributed by atoms with Crippen LogP contribution in [0.5, 0.6) is 0 Å². The third-order valence-electron chi connectivity index (χ3n) is 0. The van der Waals surface area contributed by atoms with E-state index < -0.39 is 22.7 Å². The van der Waals surface area contributed by atoms with E-state index in [-0.39, 0.29) is 21.1 Å². The number of rotatable bonds is 0. The van der Waals surface area contributed by atoms with Crippen LogP contribution in [0.15, 0.2) is 0 Å². The van der Waals surface area contributed by atoms with Crippen molar-refractivity contribution in [3.05, 3.63) is 0 Å². The molecule has 0 bridgehead atoms. The van der Waals surface area contributed by atoms with Crippen LogP contribution in [-0.2, 0) is 43.8 Å². The zero-order chi connectivity index (χ0) is 7.15. The molecule has 0 aliphatic rings. The first-order valence-electron chi connectivity index (χ1n) is 1.00. The van der Waals surface area contributed by atoms with Gasteiger partial charge in [0, 0.05) is 0 Å². The van der Waals surface area contributed by atoms with Crippen LogP contribution in [0.25, 0.3) is 0 Å². The van der Waals surface area contributed by atoms with E-state index in [4.69, 9.17) is 26.6 Å². The average Bonchev–Trinajstić information content (AvgIpc) is 1.25. The van der Waals surface area contributed by atoms with Crippen molar-refractivity contribution in [3.8, 4) is 0 Å². The molecule has 0 aliphatic carbocycles. The molecule has 6 nitrogen and oxygen atoms in total. The molecule has 0 aromatic carbocycles. The summed E-state index contributed by atoms with van der Waals surface area (Å²) in [5.41, 5.74) is 0. The van der Waals surface area contributed by atoms with E-state index in [1.807, 2.05) is 0 Å². The molecular weight excluding hydrogens is 344 g/mol. The van der Waals surface area contributed by atoms with Crippen LogP contribution < -0.4 is 0 Å². The molecule has 0 aliphatic heterocycles. The first-order chi connectivity index (χ1) is 3.46. The normalized spacial score (nSPS) is 7.78. The number of hydrogen-bond acceptors (Lipinski definition) is 6. The maximum atomic E-state index is 8.44. The van der Waals surface area contributed by atoms with Gasteiger partial charge in [0.15, 0.2) is 0 Å². The summed E-state index contributed by atoms with van der Waals surface area (Å²) >= 11 is -6.22. The molecule has 0 aromatic heterocycles. The van der Waals surface area contributed by atoms with Gasteiger partial charge < -0.3 is 18.2 Å². The van der Waals surface area contributed by atoms with Gasteiger partial charge in [0.05, 0.1) is 0 Å². The maximum absolute atomic E-state index is 8.44. The first-order valence-corrected chi connectivity index (χ1v) is 3.00. The predicted molar refractivity (Wildman–Crippen MR) is 19.4 cm³/mol. The Morgan fingerprint density at radius 3 is 0.778 bits per heavy atom. The second kappa shape index (κ2) is 11.6. The van der Waals surface area contributed by atoms with Crippen LogP contribution in [0.2, 0.25) is 0 Å². The van der Waals surface area contributed by atoms with Crippen molar-refractivity contribution in [2.24, 2.45) is 0 Å². The summed E-state index contributed by atoms with van der Waals surface area (Å²) < 4.78 is 50.7. The fourth-order valence-electron chi connectivity index (χ4n) is 0. The predicted octanol–water partition coefficient (Wildman–Crippen LogP) is -2.01. The second-order valence-electron chi connectivity index (χ2n) is 0.408. The summed E-state index contributed by atoms with van der Waals surface area (Å²) in [7, 11) is 0. The average molecular weight is 344 g/mol. The summed E-state index contributed by atoms with van der Waals surface area (Å²) in [5, 5.41) is 0. The van der Waals surface area contributed by atoms with Crippen molar-refractivity contribution in [1.82, 2.24) is 0 Å². The van der Waals surface area contributed by atoms with Crippen LogP contribution in [0.3, 0.4) is 0 Å². The Hall–Kier alpha value is 0.828. The van der Waals surface area contributed by atoms with Gasteiger partial charge in [0.25, 0.3) is 0 Å². The molecule has 0 fully saturated rings. The van der Waals surface area contributed by atoms with E-state index in [1.54, 1.807) is 0 Å². The minimum atomic E-state index is -3.11. The van der Waals surface area contributed by atoms with Crippen LogP contribution in [0.4, 0.5) is 0 Å². The summed E-state index contributed by atoms with van der Waals surface area (Å²) in [4.78, 5) is 0. The van der Waals surface area contributed by atoms with Gasteiger partial charge in [-0.15, -0.1) is 22.7 Å². The molecule has 0 rings (SSSR count). The minimum Gasteiger partial charge on any atom is -0.784 e. The van der Waals surface area contributed by atoms with Crippen molar-refractivity contribution < 1.29 is 47.7 Å². The van der Waals surface area contributed by atoms with Crippen LogP contribution >= 0.6 is 0 Å². The zero-order valence-electron chi connectivity index (χ0n) is 3.67. The molecule has 0 unspecified atom stereocenters. The van der Waals surface area contributed by atoms with Crippen LogP contribution in [0.1, 0.15) is 0 Å². The molecule has 0 saturated heterocycles. The Morgan fingerprint density at radius 2 is 0.778 bits per heavy atom. The Kier molecular flexibility index (Phi) is 21.2. The first kappa shape index (κ1) is 16.4. The zero-order valence-corrected chi connectivity index (χ0v) is 8.24. The molecule has 0 spiro atoms. The van der Waals surface area contributed by atoms with Gasteiger partial charge in [-0.3, -0.25) is 8.42 Å². The molecule has 9 heteroatoms. The van der Waals surface area contributed by atoms with E-state index in [9.17, 15) is 0 Å². The summed E-state index contributed by atoms with van der Waals surface area (Å²) in [6.45, 7) is 0. The second-order valence-corrected chi connectivity index (χ2v) is 1.22. The minimum absolute atomic E-state index is 0. The Labute approximate surface area is 70.5 Å². The molecular formula is O6S2W. The maximum Gasteiger partial charge on any atom is 4.00 e. The molecule has 0 amide bonds. The Bertz CT molecular complexity index is 69.1. The van der Waals surface area contributed by atoms with E-state index >= 15 is 0 Å². The molecule has 0 atom stereocenters. The smallest absolute Gasteiger partial charge is 0.784 e. The monoisotopic (exact) mass is 344 g/mol. The molecule has 0 radical (unpaired) electrons. The molecule has 0 N–H and O–H groups in total. The van der Waals surface area contributed by atoms with Crippen molar-refractivity contribution in [1.29, 1.82) is 0 Å². The number of hydrogen-bond donors (Lipinski definition) is 0. The van der Waals surface area contributed by atoms with Gasteiger partial charge in [-0.25, -0.2) is 0 Å². The SMILES string of the molecule is O=S([O-])[O-].O=S([O-])[O-].[W+4]. The van der Waals surface area contributed by atoms with Gasteiger partial charge in [-0.05, 0) is 0 Å². The van der Waals surface area contributed by atoms with Gasteiger partial charge >= 0.3 is 21.1 Å². The van der Waals surface area contributed by atoms with Crippen LogP contribution in [-0.4, -0.2) is 26.6 Å². The van der Waals surface area contributed by atoms with E-state index in [0.717, 1.165) is 0 Å². The van der Waals surface area contributed by atoms with Gasteiger partial charge in [-0.1, -0.05) is 0 Å². The van der Waals surface area contributed by atoms with E-state index in [1.165, 1.54) is 0 Å². The van der Waals surface area contributed by atoms with E-state index in [0.29, 0.717) is 0 Å². The molecule has 0 saturated carbocycles. The van der Waals surface area contributed by atoms with Crippen molar-refractivity contribution >= 4 is 22.7 Å². The third-order valence-corrected chi connectivity index (χ3v) is 0. The quantitative estimate of drug-likeness (QED) is 0.467. The molecule has 9 heavy (non-hydrogen) atoms. The fourth-order valence-corrected chi connectivity index (χ4v) is 0. The van der Waals surface area contributed by atoms with Crippen molar-refractivity contribution in [2.45, 2.75) is 0 Å². The summed E-state index contributed by atoms with van der Waals surface area (Å²) in [5.74, 6) is 0. The van der Waals surface area contributed by atoms with Crippen molar-refractivity contribution in [2.75, 3.05) is 0 Å². The van der Waals surface area contributed by atoms with E-state index in [2.05, 4.69) is 0 Å². The Balaban J connectivity index is -0.0000000720. The van der Waals surface area contributed by atoms with Gasteiger partial charge in [-0.2, -0.15) is 0 Å². The standard InChI is InChI=1S/2H2O3S.W/c2*1-4(2)3;/h2*(H2,1,2,3);/q;;+4/p-4. The third kappa shape index (κ3) is 600. The summed E-state index contributed by atoms with van der Waals surface area (Å²) in [6.07, 6.45) is 0. The topological polar surface area (TPSA) is 126 Å². The van der Waals surface area contributed by atoms with Gasteiger partial charge in [0.2, 0.25) is 0 Å². The fraction of sp³-hybridized carbons (Fsp3) is 0. The molecule has 0 aromatic rings. The van der Waals surface area contributed by atoms with Crippen LogP contribution in [0, 0.1) is 0 Å². The molecule has 54 valence electrons.